The van der Waals surface area contributed by atoms with Crippen LogP contribution in [0.1, 0.15) is 28.1 Å². The summed E-state index contributed by atoms with van der Waals surface area (Å²) in [4.78, 5) is 29.9. The van der Waals surface area contributed by atoms with Crippen LogP contribution in [0.3, 0.4) is 0 Å². The lowest BCUT2D eigenvalue weighted by Gasteiger charge is -2.11. The van der Waals surface area contributed by atoms with E-state index >= 15 is 0 Å². The van der Waals surface area contributed by atoms with Gasteiger partial charge in [0.05, 0.1) is 11.3 Å². The van der Waals surface area contributed by atoms with Crippen LogP contribution < -0.4 is 10.6 Å². The number of hydrogen-bond acceptors (Lipinski definition) is 4. The molecular formula is C27H24Cl2N4O3. The Balaban J connectivity index is 1.53. The number of amides is 2. The van der Waals surface area contributed by atoms with Crippen molar-refractivity contribution in [3.8, 4) is 11.3 Å². The molecule has 0 saturated heterocycles. The SMILES string of the molecule is Cc1ccc(C(=O)NC(=Cc2ccc(-c3cc(Cl)ccc3Cl)o2)C(=O)NCCCn2ccnc2)cc1. The van der Waals surface area contributed by atoms with Gasteiger partial charge in [-0.05, 0) is 55.8 Å². The first-order valence-electron chi connectivity index (χ1n) is 11.3. The van der Waals surface area contributed by atoms with E-state index in [2.05, 4.69) is 15.6 Å². The molecule has 184 valence electrons. The molecule has 2 aromatic carbocycles. The van der Waals surface area contributed by atoms with E-state index in [9.17, 15) is 9.59 Å². The molecule has 7 nitrogen and oxygen atoms in total. The van der Waals surface area contributed by atoms with E-state index in [0.29, 0.717) is 52.2 Å². The smallest absolute Gasteiger partial charge is 0.267 e. The Morgan fingerprint density at radius 3 is 2.64 bits per heavy atom. The van der Waals surface area contributed by atoms with Crippen LogP contribution in [0, 0.1) is 6.92 Å². The molecule has 0 unspecified atom stereocenters. The molecule has 0 fully saturated rings. The van der Waals surface area contributed by atoms with Gasteiger partial charge < -0.3 is 19.6 Å². The van der Waals surface area contributed by atoms with E-state index < -0.39 is 11.8 Å². The lowest BCUT2D eigenvalue weighted by Crippen LogP contribution is -2.35. The zero-order valence-corrected chi connectivity index (χ0v) is 21.0. The van der Waals surface area contributed by atoms with Gasteiger partial charge in [-0.25, -0.2) is 4.98 Å². The maximum absolute atomic E-state index is 13.0. The van der Waals surface area contributed by atoms with Crippen LogP contribution in [0.4, 0.5) is 0 Å². The average molecular weight is 523 g/mol. The summed E-state index contributed by atoms with van der Waals surface area (Å²) in [5.74, 6) is 0.0202. The highest BCUT2D eigenvalue weighted by Gasteiger charge is 2.16. The zero-order valence-electron chi connectivity index (χ0n) is 19.5. The minimum atomic E-state index is -0.431. The summed E-state index contributed by atoms with van der Waals surface area (Å²) in [5.41, 5.74) is 2.14. The van der Waals surface area contributed by atoms with Crippen molar-refractivity contribution in [3.63, 3.8) is 0 Å². The predicted molar refractivity (Wildman–Crippen MR) is 141 cm³/mol. The number of rotatable bonds is 9. The Kier molecular flexibility index (Phi) is 8.25. The van der Waals surface area contributed by atoms with Crippen molar-refractivity contribution in [1.29, 1.82) is 0 Å². The molecule has 0 bridgehead atoms. The van der Waals surface area contributed by atoms with E-state index in [1.165, 1.54) is 6.08 Å². The summed E-state index contributed by atoms with van der Waals surface area (Å²) in [6, 6.07) is 15.6. The summed E-state index contributed by atoms with van der Waals surface area (Å²) in [6.45, 7) is 3.05. The van der Waals surface area contributed by atoms with Gasteiger partial charge >= 0.3 is 0 Å². The van der Waals surface area contributed by atoms with Crippen molar-refractivity contribution < 1.29 is 14.0 Å². The minimum Gasteiger partial charge on any atom is -0.457 e. The molecule has 0 aliphatic carbocycles. The van der Waals surface area contributed by atoms with Crippen LogP contribution in [-0.2, 0) is 11.3 Å². The van der Waals surface area contributed by atoms with Gasteiger partial charge in [-0.1, -0.05) is 40.9 Å². The molecule has 2 amide bonds. The van der Waals surface area contributed by atoms with Gasteiger partial charge in [0.25, 0.3) is 11.8 Å². The molecule has 0 spiro atoms. The van der Waals surface area contributed by atoms with Crippen LogP contribution in [-0.4, -0.2) is 27.9 Å². The summed E-state index contributed by atoms with van der Waals surface area (Å²) in [7, 11) is 0. The van der Waals surface area contributed by atoms with Crippen LogP contribution >= 0.6 is 23.2 Å². The van der Waals surface area contributed by atoms with Crippen molar-refractivity contribution in [2.45, 2.75) is 19.9 Å². The van der Waals surface area contributed by atoms with E-state index in [1.54, 1.807) is 55.0 Å². The number of aromatic nitrogens is 2. The second kappa shape index (κ2) is 11.7. The first kappa shape index (κ1) is 25.3. The molecular weight excluding hydrogens is 499 g/mol. The molecule has 0 radical (unpaired) electrons. The van der Waals surface area contributed by atoms with Crippen LogP contribution in [0.5, 0.6) is 0 Å². The van der Waals surface area contributed by atoms with Crippen molar-refractivity contribution >= 4 is 41.1 Å². The number of aryl methyl sites for hydroxylation is 2. The van der Waals surface area contributed by atoms with Gasteiger partial charge in [0.2, 0.25) is 0 Å². The highest BCUT2D eigenvalue weighted by molar-refractivity contribution is 6.35. The predicted octanol–water partition coefficient (Wildman–Crippen LogP) is 5.74. The maximum atomic E-state index is 13.0. The Hall–Kier alpha value is -3.81. The van der Waals surface area contributed by atoms with Crippen LogP contribution in [0.2, 0.25) is 10.0 Å². The van der Waals surface area contributed by atoms with Crippen LogP contribution in [0.15, 0.2) is 83.4 Å². The normalized spacial score (nSPS) is 11.4. The Morgan fingerprint density at radius 2 is 1.89 bits per heavy atom. The Bertz CT molecular complexity index is 1380. The molecule has 2 N–H and O–H groups in total. The lowest BCUT2D eigenvalue weighted by molar-refractivity contribution is -0.117. The van der Waals surface area contributed by atoms with Gasteiger partial charge in [0.1, 0.15) is 17.2 Å². The topological polar surface area (TPSA) is 89.2 Å². The Morgan fingerprint density at radius 1 is 1.08 bits per heavy atom. The van der Waals surface area contributed by atoms with E-state index in [4.69, 9.17) is 27.6 Å². The number of furan rings is 1. The van der Waals surface area contributed by atoms with Crippen molar-refractivity contribution in [3.05, 3.63) is 106 Å². The number of halogens is 2. The number of nitrogens with one attached hydrogen (secondary N) is 2. The third-order valence-corrected chi connectivity index (χ3v) is 5.92. The molecule has 0 aliphatic rings. The van der Waals surface area contributed by atoms with Crippen molar-refractivity contribution in [2.24, 2.45) is 0 Å². The third-order valence-electron chi connectivity index (χ3n) is 5.35. The first-order chi connectivity index (χ1) is 17.4. The standard InChI is InChI=1S/C27H24Cl2N4O3/c1-18-3-5-19(6-4-18)26(34)32-24(27(35)31-11-2-13-33-14-12-30-17-33)16-21-8-10-25(36-21)22-15-20(28)7-9-23(22)29/h3-10,12,14-17H,2,11,13H2,1H3,(H,31,35)(H,32,34). The average Bonchev–Trinajstić information content (AvgIpc) is 3.55. The molecule has 4 rings (SSSR count). The number of imidazole rings is 1. The number of carbonyl (C=O) groups is 2. The van der Waals surface area contributed by atoms with Crippen LogP contribution in [0.25, 0.3) is 17.4 Å². The molecule has 0 aliphatic heterocycles. The number of carbonyl (C=O) groups excluding carboxylic acids is 2. The second-order valence-electron chi connectivity index (χ2n) is 8.11. The van der Waals surface area contributed by atoms with Gasteiger partial charge in [0, 0.05) is 47.7 Å². The molecule has 0 saturated carbocycles. The summed E-state index contributed by atoms with van der Waals surface area (Å²) < 4.78 is 7.83. The molecule has 0 atom stereocenters. The molecule has 9 heteroatoms. The van der Waals surface area contributed by atoms with Gasteiger partial charge in [-0.3, -0.25) is 9.59 Å². The fraction of sp³-hybridized carbons (Fsp3) is 0.148. The molecule has 4 aromatic rings. The van der Waals surface area contributed by atoms with E-state index in [0.717, 1.165) is 5.56 Å². The summed E-state index contributed by atoms with van der Waals surface area (Å²) in [5, 5.41) is 6.56. The lowest BCUT2D eigenvalue weighted by atomic mass is 10.1. The van der Waals surface area contributed by atoms with E-state index in [1.807, 2.05) is 29.8 Å². The van der Waals surface area contributed by atoms with Gasteiger partial charge in [-0.15, -0.1) is 0 Å². The molecule has 2 aromatic heterocycles. The highest BCUT2D eigenvalue weighted by atomic mass is 35.5. The second-order valence-corrected chi connectivity index (χ2v) is 8.96. The number of nitrogens with zero attached hydrogens (tertiary/aromatic N) is 2. The fourth-order valence-electron chi connectivity index (χ4n) is 3.44. The number of hydrogen-bond donors (Lipinski definition) is 2. The molecule has 2 heterocycles. The quantitative estimate of drug-likeness (QED) is 0.217. The summed E-state index contributed by atoms with van der Waals surface area (Å²) in [6.07, 6.45) is 7.46. The fourth-order valence-corrected chi connectivity index (χ4v) is 3.82. The third kappa shape index (κ3) is 6.65. The van der Waals surface area contributed by atoms with Gasteiger partial charge in [0.15, 0.2) is 0 Å². The number of benzene rings is 2. The highest BCUT2D eigenvalue weighted by Crippen LogP contribution is 2.32. The maximum Gasteiger partial charge on any atom is 0.267 e. The molecule has 36 heavy (non-hydrogen) atoms. The largest absolute Gasteiger partial charge is 0.457 e. The Labute approximate surface area is 218 Å². The monoisotopic (exact) mass is 522 g/mol. The van der Waals surface area contributed by atoms with Gasteiger partial charge in [-0.2, -0.15) is 0 Å². The van der Waals surface area contributed by atoms with Crippen molar-refractivity contribution in [2.75, 3.05) is 6.54 Å². The first-order valence-corrected chi connectivity index (χ1v) is 12.0. The zero-order chi connectivity index (χ0) is 25.5. The van der Waals surface area contributed by atoms with E-state index in [-0.39, 0.29) is 5.70 Å². The minimum absolute atomic E-state index is 0.0568. The van der Waals surface area contributed by atoms with Crippen molar-refractivity contribution in [1.82, 2.24) is 20.2 Å². The summed E-state index contributed by atoms with van der Waals surface area (Å²) >= 11 is 12.4.